The van der Waals surface area contributed by atoms with E-state index in [0.717, 1.165) is 22.9 Å². The summed E-state index contributed by atoms with van der Waals surface area (Å²) in [6, 6.07) is 4.17. The van der Waals surface area contributed by atoms with Crippen LogP contribution in [0, 0.1) is 13.8 Å². The van der Waals surface area contributed by atoms with E-state index in [9.17, 15) is 4.79 Å². The number of aliphatic carboxylic acids is 1. The highest BCUT2D eigenvalue weighted by atomic mass is 16.4. The van der Waals surface area contributed by atoms with Gasteiger partial charge in [0.15, 0.2) is 0 Å². The summed E-state index contributed by atoms with van der Waals surface area (Å²) >= 11 is 0. The molecule has 0 fully saturated rings. The van der Waals surface area contributed by atoms with Gasteiger partial charge in [0.2, 0.25) is 0 Å². The van der Waals surface area contributed by atoms with Gasteiger partial charge in [0, 0.05) is 17.1 Å². The normalized spacial score (nSPS) is 11.1. The zero-order chi connectivity index (χ0) is 13.3. The maximum atomic E-state index is 10.9. The van der Waals surface area contributed by atoms with Crippen LogP contribution < -0.4 is 5.73 Å². The molecule has 1 heterocycles. The Labute approximate surface area is 106 Å². The summed E-state index contributed by atoms with van der Waals surface area (Å²) in [5, 5.41) is 10.1. The molecule has 0 saturated heterocycles. The molecule has 0 radical (unpaired) electrons. The van der Waals surface area contributed by atoms with Crippen LogP contribution in [0.3, 0.4) is 0 Å². The van der Waals surface area contributed by atoms with E-state index in [0.29, 0.717) is 6.54 Å². The molecule has 1 aromatic carbocycles. The van der Waals surface area contributed by atoms with Crippen LogP contribution in [0.1, 0.15) is 16.7 Å². The highest BCUT2D eigenvalue weighted by Gasteiger charge is 2.11. The number of aryl methyl sites for hydroxylation is 2. The summed E-state index contributed by atoms with van der Waals surface area (Å²) in [7, 11) is 0. The average Bonchev–Trinajstić information content (AvgIpc) is 2.58. The molecule has 0 aliphatic rings. The highest BCUT2D eigenvalue weighted by molar-refractivity contribution is 5.86. The number of fused-ring (bicyclic) bond motifs is 1. The summed E-state index contributed by atoms with van der Waals surface area (Å²) in [4.78, 5) is 10.9. The van der Waals surface area contributed by atoms with Gasteiger partial charge in [-0.1, -0.05) is 0 Å². The van der Waals surface area contributed by atoms with Gasteiger partial charge in [-0.25, -0.2) is 0 Å². The Balaban J connectivity index is 2.64. The van der Waals surface area contributed by atoms with Gasteiger partial charge in [0.05, 0.1) is 0 Å². The fourth-order valence-electron chi connectivity index (χ4n) is 2.25. The van der Waals surface area contributed by atoms with Gasteiger partial charge >= 0.3 is 5.97 Å². The van der Waals surface area contributed by atoms with Crippen molar-refractivity contribution in [2.45, 2.75) is 26.8 Å². The molecule has 0 spiro atoms. The van der Waals surface area contributed by atoms with Crippen LogP contribution >= 0.6 is 0 Å². The van der Waals surface area contributed by atoms with E-state index in [1.165, 1.54) is 11.1 Å². The van der Waals surface area contributed by atoms with Crippen LogP contribution in [0.4, 0.5) is 0 Å². The number of rotatable bonds is 4. The van der Waals surface area contributed by atoms with Crippen molar-refractivity contribution in [3.05, 3.63) is 35.0 Å². The Morgan fingerprint density at radius 2 is 2.00 bits per heavy atom. The van der Waals surface area contributed by atoms with E-state index in [2.05, 4.69) is 13.0 Å². The second-order valence-electron chi connectivity index (χ2n) is 4.67. The third kappa shape index (κ3) is 2.24. The van der Waals surface area contributed by atoms with Crippen molar-refractivity contribution < 1.29 is 9.90 Å². The lowest BCUT2D eigenvalue weighted by molar-refractivity contribution is -0.137. The molecular formula is C14H18N2O2. The molecule has 0 bridgehead atoms. The van der Waals surface area contributed by atoms with Gasteiger partial charge in [-0.05, 0) is 55.6 Å². The number of hydrogen-bond donors (Lipinski definition) is 2. The van der Waals surface area contributed by atoms with E-state index < -0.39 is 5.97 Å². The maximum Gasteiger partial charge on any atom is 0.323 e. The van der Waals surface area contributed by atoms with Crippen molar-refractivity contribution in [2.75, 3.05) is 6.54 Å². The number of carboxylic acid groups (broad SMARTS) is 1. The summed E-state index contributed by atoms with van der Waals surface area (Å²) in [6.45, 7) is 4.66. The van der Waals surface area contributed by atoms with Crippen LogP contribution in [0.2, 0.25) is 0 Å². The molecule has 0 unspecified atom stereocenters. The molecule has 0 amide bonds. The summed E-state index contributed by atoms with van der Waals surface area (Å²) in [6.07, 6.45) is 2.68. The van der Waals surface area contributed by atoms with Crippen molar-refractivity contribution in [2.24, 2.45) is 5.73 Å². The molecule has 4 nitrogen and oxygen atoms in total. The Morgan fingerprint density at radius 1 is 1.33 bits per heavy atom. The molecule has 0 aliphatic carbocycles. The Bertz CT molecular complexity index is 599. The summed E-state index contributed by atoms with van der Waals surface area (Å²) < 4.78 is 1.79. The topological polar surface area (TPSA) is 68.2 Å². The lowest BCUT2D eigenvalue weighted by Crippen LogP contribution is -2.07. The van der Waals surface area contributed by atoms with Crippen LogP contribution in [0.15, 0.2) is 18.3 Å². The van der Waals surface area contributed by atoms with Gasteiger partial charge in [-0.3, -0.25) is 4.79 Å². The SMILES string of the molecule is Cc1cc2c(CCN)cn(CC(=O)O)c2cc1C. The first-order valence-corrected chi connectivity index (χ1v) is 6.03. The second-order valence-corrected chi connectivity index (χ2v) is 4.67. The molecule has 18 heavy (non-hydrogen) atoms. The monoisotopic (exact) mass is 246 g/mol. The molecule has 2 aromatic rings. The molecule has 0 aliphatic heterocycles. The van der Waals surface area contributed by atoms with Crippen LogP contribution in [-0.2, 0) is 17.8 Å². The number of carboxylic acids is 1. The van der Waals surface area contributed by atoms with E-state index in [1.54, 1.807) is 4.57 Å². The minimum atomic E-state index is -0.829. The Morgan fingerprint density at radius 3 is 2.61 bits per heavy atom. The number of benzene rings is 1. The van der Waals surface area contributed by atoms with Crippen molar-refractivity contribution in [1.82, 2.24) is 4.57 Å². The zero-order valence-corrected chi connectivity index (χ0v) is 10.7. The van der Waals surface area contributed by atoms with Crippen molar-refractivity contribution >= 4 is 16.9 Å². The lowest BCUT2D eigenvalue weighted by Gasteiger charge is -2.04. The molecule has 2 rings (SSSR count). The summed E-state index contributed by atoms with van der Waals surface area (Å²) in [5.41, 5.74) is 10.1. The van der Waals surface area contributed by atoms with Gasteiger partial charge in [-0.15, -0.1) is 0 Å². The minimum Gasteiger partial charge on any atom is -0.480 e. The van der Waals surface area contributed by atoms with Crippen LogP contribution in [0.5, 0.6) is 0 Å². The number of nitrogens with zero attached hydrogens (tertiary/aromatic N) is 1. The van der Waals surface area contributed by atoms with Gasteiger partial charge in [-0.2, -0.15) is 0 Å². The number of nitrogens with two attached hydrogens (primary N) is 1. The molecule has 1 aromatic heterocycles. The van der Waals surface area contributed by atoms with Crippen molar-refractivity contribution in [3.63, 3.8) is 0 Å². The average molecular weight is 246 g/mol. The molecule has 3 N–H and O–H groups in total. The largest absolute Gasteiger partial charge is 0.480 e. The van der Waals surface area contributed by atoms with E-state index in [1.807, 2.05) is 19.2 Å². The quantitative estimate of drug-likeness (QED) is 0.865. The number of carbonyl (C=O) groups is 1. The first-order valence-electron chi connectivity index (χ1n) is 6.03. The standard InChI is InChI=1S/C14H18N2O2/c1-9-5-12-11(3-4-15)7-16(8-14(17)18)13(12)6-10(9)2/h5-7H,3-4,8,15H2,1-2H3,(H,17,18). The maximum absolute atomic E-state index is 10.9. The fraction of sp³-hybridized carbons (Fsp3) is 0.357. The zero-order valence-electron chi connectivity index (χ0n) is 10.7. The van der Waals surface area contributed by atoms with Gasteiger partial charge in [0.25, 0.3) is 0 Å². The predicted octanol–water partition coefficient (Wildman–Crippen LogP) is 1.84. The first-order chi connectivity index (χ1) is 8.52. The fourth-order valence-corrected chi connectivity index (χ4v) is 2.25. The minimum absolute atomic E-state index is 0.0103. The molecule has 0 saturated carbocycles. The molecule has 4 heteroatoms. The molecule has 96 valence electrons. The molecular weight excluding hydrogens is 228 g/mol. The number of hydrogen-bond acceptors (Lipinski definition) is 2. The van der Waals surface area contributed by atoms with Gasteiger partial charge < -0.3 is 15.4 Å². The van der Waals surface area contributed by atoms with Gasteiger partial charge in [0.1, 0.15) is 6.54 Å². The lowest BCUT2D eigenvalue weighted by atomic mass is 10.0. The second kappa shape index (κ2) is 4.82. The van der Waals surface area contributed by atoms with Crippen LogP contribution in [0.25, 0.3) is 10.9 Å². The predicted molar refractivity (Wildman–Crippen MR) is 71.8 cm³/mol. The van der Waals surface area contributed by atoms with Crippen molar-refractivity contribution in [3.8, 4) is 0 Å². The van der Waals surface area contributed by atoms with E-state index in [-0.39, 0.29) is 6.54 Å². The smallest absolute Gasteiger partial charge is 0.323 e. The first kappa shape index (κ1) is 12.6. The Kier molecular flexibility index (Phi) is 3.39. The Hall–Kier alpha value is -1.81. The summed E-state index contributed by atoms with van der Waals surface area (Å²) in [5.74, 6) is -0.829. The third-order valence-corrected chi connectivity index (χ3v) is 3.30. The highest BCUT2D eigenvalue weighted by Crippen LogP contribution is 2.25. The third-order valence-electron chi connectivity index (χ3n) is 3.30. The number of aromatic nitrogens is 1. The molecule has 0 atom stereocenters. The van der Waals surface area contributed by atoms with E-state index >= 15 is 0 Å². The van der Waals surface area contributed by atoms with E-state index in [4.69, 9.17) is 10.8 Å². The van der Waals surface area contributed by atoms with Crippen LogP contribution in [-0.4, -0.2) is 22.2 Å². The van der Waals surface area contributed by atoms with Crippen molar-refractivity contribution in [1.29, 1.82) is 0 Å².